The first kappa shape index (κ1) is 14.0. The highest BCUT2D eigenvalue weighted by molar-refractivity contribution is 7.98. The van der Waals surface area contributed by atoms with E-state index in [1.807, 2.05) is 38.1 Å². The topological polar surface area (TPSA) is 90.7 Å². The molecule has 0 radical (unpaired) electrons. The molecule has 0 aliphatic carbocycles. The molecule has 7 heteroatoms. The van der Waals surface area contributed by atoms with Gasteiger partial charge in [0.15, 0.2) is 5.82 Å². The zero-order valence-electron chi connectivity index (χ0n) is 11.8. The van der Waals surface area contributed by atoms with E-state index in [-0.39, 0.29) is 0 Å². The van der Waals surface area contributed by atoms with E-state index >= 15 is 0 Å². The van der Waals surface area contributed by atoms with Crippen LogP contribution in [-0.4, -0.2) is 20.1 Å². The Morgan fingerprint density at radius 2 is 2.05 bits per heavy atom. The van der Waals surface area contributed by atoms with Crippen molar-refractivity contribution in [2.24, 2.45) is 5.73 Å². The minimum absolute atomic E-state index is 0.505. The second kappa shape index (κ2) is 5.42. The lowest BCUT2D eigenvalue weighted by molar-refractivity contribution is 0.370. The SMILES string of the molecule is CC(C)(N)c1noc(CSc2ncnc3ccccc23)n1. The van der Waals surface area contributed by atoms with E-state index in [1.54, 1.807) is 6.33 Å². The molecule has 0 saturated heterocycles. The summed E-state index contributed by atoms with van der Waals surface area (Å²) >= 11 is 1.54. The molecule has 0 unspecified atom stereocenters. The molecule has 0 bridgehead atoms. The fourth-order valence-corrected chi connectivity index (χ4v) is 2.63. The second-order valence-electron chi connectivity index (χ2n) is 5.22. The summed E-state index contributed by atoms with van der Waals surface area (Å²) in [6.45, 7) is 3.68. The highest BCUT2D eigenvalue weighted by Gasteiger charge is 2.21. The van der Waals surface area contributed by atoms with Gasteiger partial charge in [0, 0.05) is 5.39 Å². The van der Waals surface area contributed by atoms with Gasteiger partial charge in [-0.3, -0.25) is 0 Å². The fraction of sp³-hybridized carbons (Fsp3) is 0.286. The maximum absolute atomic E-state index is 5.94. The van der Waals surface area contributed by atoms with Gasteiger partial charge in [-0.25, -0.2) is 9.97 Å². The van der Waals surface area contributed by atoms with Crippen LogP contribution >= 0.6 is 11.8 Å². The van der Waals surface area contributed by atoms with Crippen molar-refractivity contribution in [3.05, 3.63) is 42.3 Å². The van der Waals surface area contributed by atoms with E-state index in [0.29, 0.717) is 17.5 Å². The van der Waals surface area contributed by atoms with Crippen molar-refractivity contribution >= 4 is 22.7 Å². The summed E-state index contributed by atoms with van der Waals surface area (Å²) in [5.41, 5.74) is 6.26. The Bertz CT molecular complexity index is 760. The molecule has 108 valence electrons. The van der Waals surface area contributed by atoms with Crippen LogP contribution in [0.2, 0.25) is 0 Å². The van der Waals surface area contributed by atoms with Crippen molar-refractivity contribution < 1.29 is 4.52 Å². The summed E-state index contributed by atoms with van der Waals surface area (Å²) in [5.74, 6) is 1.59. The van der Waals surface area contributed by atoms with Crippen LogP contribution < -0.4 is 5.73 Å². The number of thioether (sulfide) groups is 1. The van der Waals surface area contributed by atoms with Crippen LogP contribution in [0.25, 0.3) is 10.9 Å². The Labute approximate surface area is 126 Å². The van der Waals surface area contributed by atoms with Crippen molar-refractivity contribution in [2.75, 3.05) is 0 Å². The Balaban J connectivity index is 1.79. The molecule has 3 rings (SSSR count). The molecular weight excluding hydrogens is 286 g/mol. The van der Waals surface area contributed by atoms with Crippen molar-refractivity contribution in [1.82, 2.24) is 20.1 Å². The monoisotopic (exact) mass is 301 g/mol. The van der Waals surface area contributed by atoms with Crippen molar-refractivity contribution in [2.45, 2.75) is 30.2 Å². The number of para-hydroxylation sites is 1. The molecular formula is C14H15N5OS. The number of benzene rings is 1. The van der Waals surface area contributed by atoms with Crippen molar-refractivity contribution in [3.63, 3.8) is 0 Å². The minimum atomic E-state index is -0.603. The maximum atomic E-state index is 5.94. The van der Waals surface area contributed by atoms with Crippen LogP contribution in [-0.2, 0) is 11.3 Å². The highest BCUT2D eigenvalue weighted by atomic mass is 32.2. The molecule has 3 aromatic rings. The summed E-state index contributed by atoms with van der Waals surface area (Å²) < 4.78 is 5.22. The van der Waals surface area contributed by atoms with Crippen LogP contribution in [0.3, 0.4) is 0 Å². The van der Waals surface area contributed by atoms with E-state index in [0.717, 1.165) is 15.9 Å². The normalized spacial score (nSPS) is 12.0. The number of aromatic nitrogens is 4. The first-order valence-electron chi connectivity index (χ1n) is 6.48. The highest BCUT2D eigenvalue weighted by Crippen LogP contribution is 2.27. The van der Waals surface area contributed by atoms with Crippen LogP contribution in [0.15, 0.2) is 40.1 Å². The summed E-state index contributed by atoms with van der Waals surface area (Å²) in [4.78, 5) is 12.9. The average Bonchev–Trinajstić information content (AvgIpc) is 2.94. The summed E-state index contributed by atoms with van der Waals surface area (Å²) in [5, 5.41) is 5.82. The van der Waals surface area contributed by atoms with Crippen LogP contribution in [0.5, 0.6) is 0 Å². The lowest BCUT2D eigenvalue weighted by atomic mass is 10.1. The molecule has 0 fully saturated rings. The van der Waals surface area contributed by atoms with Gasteiger partial charge in [0.25, 0.3) is 0 Å². The molecule has 0 saturated carbocycles. The third-order valence-corrected chi connectivity index (χ3v) is 3.87. The molecule has 0 aliphatic heterocycles. The van der Waals surface area contributed by atoms with Gasteiger partial charge in [-0.05, 0) is 19.9 Å². The number of hydrogen-bond donors (Lipinski definition) is 1. The van der Waals surface area contributed by atoms with Gasteiger partial charge in [-0.1, -0.05) is 35.1 Å². The lowest BCUT2D eigenvalue weighted by Crippen LogP contribution is -2.30. The number of hydrogen-bond acceptors (Lipinski definition) is 7. The Kier molecular flexibility index (Phi) is 3.60. The number of fused-ring (bicyclic) bond motifs is 1. The molecule has 2 aromatic heterocycles. The maximum Gasteiger partial charge on any atom is 0.237 e. The van der Waals surface area contributed by atoms with E-state index < -0.39 is 5.54 Å². The molecule has 0 aliphatic rings. The first-order chi connectivity index (χ1) is 10.0. The van der Waals surface area contributed by atoms with Gasteiger partial charge in [-0.2, -0.15) is 4.98 Å². The van der Waals surface area contributed by atoms with Gasteiger partial charge < -0.3 is 10.3 Å². The second-order valence-corrected chi connectivity index (χ2v) is 6.18. The first-order valence-corrected chi connectivity index (χ1v) is 7.47. The molecule has 2 N–H and O–H groups in total. The molecule has 6 nitrogen and oxygen atoms in total. The third-order valence-electron chi connectivity index (χ3n) is 2.88. The smallest absolute Gasteiger partial charge is 0.237 e. The minimum Gasteiger partial charge on any atom is -0.338 e. The molecule has 0 spiro atoms. The quantitative estimate of drug-likeness (QED) is 0.584. The predicted molar refractivity (Wildman–Crippen MR) is 80.6 cm³/mol. The van der Waals surface area contributed by atoms with E-state index in [9.17, 15) is 0 Å². The Hall–Kier alpha value is -1.99. The molecule has 2 heterocycles. The molecule has 1 aromatic carbocycles. The Morgan fingerprint density at radius 1 is 1.24 bits per heavy atom. The van der Waals surface area contributed by atoms with Crippen molar-refractivity contribution in [1.29, 1.82) is 0 Å². The molecule has 0 atom stereocenters. The van der Waals surface area contributed by atoms with Crippen LogP contribution in [0.1, 0.15) is 25.6 Å². The van der Waals surface area contributed by atoms with E-state index in [2.05, 4.69) is 20.1 Å². The number of nitrogens with two attached hydrogens (primary N) is 1. The molecule has 21 heavy (non-hydrogen) atoms. The number of nitrogens with zero attached hydrogens (tertiary/aromatic N) is 4. The Morgan fingerprint density at radius 3 is 2.81 bits per heavy atom. The average molecular weight is 301 g/mol. The lowest BCUT2D eigenvalue weighted by Gasteiger charge is -2.11. The van der Waals surface area contributed by atoms with Gasteiger partial charge in [0.2, 0.25) is 5.89 Å². The summed E-state index contributed by atoms with van der Waals surface area (Å²) in [7, 11) is 0. The predicted octanol–water partition coefficient (Wildman–Crippen LogP) is 2.50. The van der Waals surface area contributed by atoms with Gasteiger partial charge >= 0.3 is 0 Å². The van der Waals surface area contributed by atoms with Gasteiger partial charge in [0.05, 0.1) is 16.8 Å². The molecule has 0 amide bonds. The largest absolute Gasteiger partial charge is 0.338 e. The van der Waals surface area contributed by atoms with Gasteiger partial charge in [0.1, 0.15) is 11.4 Å². The number of rotatable bonds is 4. The zero-order valence-corrected chi connectivity index (χ0v) is 12.6. The van der Waals surface area contributed by atoms with Crippen LogP contribution in [0.4, 0.5) is 0 Å². The standard InChI is InChI=1S/C14H15N5OS/c1-14(2,15)13-18-11(20-19-13)7-21-12-9-5-3-4-6-10(9)16-8-17-12/h3-6,8H,7,15H2,1-2H3. The summed E-state index contributed by atoms with van der Waals surface area (Å²) in [6.07, 6.45) is 1.56. The van der Waals surface area contributed by atoms with Gasteiger partial charge in [-0.15, -0.1) is 0 Å². The van der Waals surface area contributed by atoms with Crippen LogP contribution in [0, 0.1) is 0 Å². The zero-order chi connectivity index (χ0) is 14.9. The van der Waals surface area contributed by atoms with E-state index in [1.165, 1.54) is 11.8 Å². The fourth-order valence-electron chi connectivity index (χ4n) is 1.80. The van der Waals surface area contributed by atoms with Crippen molar-refractivity contribution in [3.8, 4) is 0 Å². The summed E-state index contributed by atoms with van der Waals surface area (Å²) in [6, 6.07) is 7.89. The van der Waals surface area contributed by atoms with E-state index in [4.69, 9.17) is 10.3 Å². The third kappa shape index (κ3) is 3.03.